The molecule has 2 rings (SSSR count). The Balaban J connectivity index is 1.51. The third-order valence-corrected chi connectivity index (χ3v) is 6.50. The number of carbonyl (C=O) groups excluding carboxylic acids is 4. The van der Waals surface area contributed by atoms with Crippen LogP contribution in [0, 0.1) is 5.92 Å². The van der Waals surface area contributed by atoms with E-state index in [0.29, 0.717) is 45.3 Å². The lowest BCUT2D eigenvalue weighted by molar-refractivity contribution is -0.140. The number of likely N-dealkylation sites (tertiary alicyclic amines) is 1. The Morgan fingerprint density at radius 3 is 2.08 bits per heavy atom. The van der Waals surface area contributed by atoms with Crippen LogP contribution in [0.1, 0.15) is 70.6 Å². The molecule has 36 heavy (non-hydrogen) atoms. The molecule has 1 aromatic carbocycles. The van der Waals surface area contributed by atoms with Crippen molar-refractivity contribution < 1.29 is 28.7 Å². The number of nitrogens with zero attached hydrogens (tertiary/aromatic N) is 1. The Labute approximate surface area is 214 Å². The Kier molecular flexibility index (Phi) is 13.4. The molecule has 0 unspecified atom stereocenters. The molecule has 9 nitrogen and oxygen atoms in total. The highest BCUT2D eigenvalue weighted by molar-refractivity contribution is 5.92. The molecular formula is C27H41N3O6. The van der Waals surface area contributed by atoms with Crippen molar-refractivity contribution in [2.45, 2.75) is 70.6 Å². The van der Waals surface area contributed by atoms with Crippen molar-refractivity contribution in [3.05, 3.63) is 24.3 Å². The molecule has 0 spiro atoms. The first-order valence-corrected chi connectivity index (χ1v) is 13.0. The number of carbonyl (C=O) groups is 4. The molecule has 0 bridgehead atoms. The number of hydrogen-bond acceptors (Lipinski definition) is 6. The second kappa shape index (κ2) is 16.5. The van der Waals surface area contributed by atoms with Crippen molar-refractivity contribution in [3.63, 3.8) is 0 Å². The zero-order valence-corrected chi connectivity index (χ0v) is 21.7. The van der Waals surface area contributed by atoms with Gasteiger partial charge in [-0.05, 0) is 49.9 Å². The molecule has 1 aromatic rings. The number of unbranched alkanes of at least 4 members (excludes halogenated alkanes) is 5. The number of nitrogens with one attached hydrogen (secondary N) is 2. The van der Waals surface area contributed by atoms with Gasteiger partial charge in [0.15, 0.2) is 0 Å². The third-order valence-electron chi connectivity index (χ3n) is 6.50. The third kappa shape index (κ3) is 11.1. The lowest BCUT2D eigenvalue weighted by atomic mass is 9.95. The van der Waals surface area contributed by atoms with Gasteiger partial charge in [0.25, 0.3) is 0 Å². The van der Waals surface area contributed by atoms with Crippen LogP contribution < -0.4 is 15.4 Å². The van der Waals surface area contributed by atoms with Crippen molar-refractivity contribution in [2.24, 2.45) is 5.92 Å². The van der Waals surface area contributed by atoms with Crippen LogP contribution in [0.3, 0.4) is 0 Å². The minimum absolute atomic E-state index is 0.0104. The average Bonchev–Trinajstić information content (AvgIpc) is 2.90. The fraction of sp³-hybridized carbons (Fsp3) is 0.630. The van der Waals surface area contributed by atoms with Crippen LogP contribution in [0.15, 0.2) is 24.3 Å². The van der Waals surface area contributed by atoms with Crippen LogP contribution in [0.4, 0.5) is 5.69 Å². The summed E-state index contributed by atoms with van der Waals surface area (Å²) in [5, 5.41) is 5.77. The molecule has 1 aliphatic heterocycles. The first-order valence-electron chi connectivity index (χ1n) is 13.0. The second-order valence-electron chi connectivity index (χ2n) is 9.17. The number of rotatable bonds is 15. The Hall–Kier alpha value is -3.10. The number of hydrogen-bond donors (Lipinski definition) is 2. The van der Waals surface area contributed by atoms with E-state index in [0.717, 1.165) is 50.0 Å². The molecule has 1 fully saturated rings. The summed E-state index contributed by atoms with van der Waals surface area (Å²) in [4.78, 5) is 49.9. The van der Waals surface area contributed by atoms with Crippen LogP contribution in [0.2, 0.25) is 0 Å². The van der Waals surface area contributed by atoms with Crippen molar-refractivity contribution in [2.75, 3.05) is 39.2 Å². The highest BCUT2D eigenvalue weighted by Gasteiger charge is 2.27. The Bertz CT molecular complexity index is 834. The number of methoxy groups -OCH3 is 2. The van der Waals surface area contributed by atoms with Gasteiger partial charge in [0, 0.05) is 50.5 Å². The zero-order valence-electron chi connectivity index (χ0n) is 21.7. The van der Waals surface area contributed by atoms with E-state index in [4.69, 9.17) is 4.74 Å². The summed E-state index contributed by atoms with van der Waals surface area (Å²) >= 11 is 0. The summed E-state index contributed by atoms with van der Waals surface area (Å²) in [6, 6.07) is 7.21. The molecule has 0 aromatic heterocycles. The predicted molar refractivity (Wildman–Crippen MR) is 138 cm³/mol. The zero-order chi connectivity index (χ0) is 26.2. The van der Waals surface area contributed by atoms with Crippen LogP contribution >= 0.6 is 0 Å². The molecule has 1 saturated heterocycles. The van der Waals surface area contributed by atoms with E-state index in [9.17, 15) is 19.2 Å². The van der Waals surface area contributed by atoms with Gasteiger partial charge in [0.05, 0.1) is 14.2 Å². The Morgan fingerprint density at radius 1 is 0.861 bits per heavy atom. The van der Waals surface area contributed by atoms with E-state index in [1.165, 1.54) is 7.11 Å². The van der Waals surface area contributed by atoms with Crippen LogP contribution in [-0.2, 0) is 23.9 Å². The largest absolute Gasteiger partial charge is 0.497 e. The van der Waals surface area contributed by atoms with Gasteiger partial charge in [0.1, 0.15) is 5.75 Å². The van der Waals surface area contributed by atoms with Gasteiger partial charge in [0.2, 0.25) is 17.7 Å². The predicted octanol–water partition coefficient (Wildman–Crippen LogP) is 3.67. The van der Waals surface area contributed by atoms with E-state index in [1.807, 2.05) is 0 Å². The second-order valence-corrected chi connectivity index (χ2v) is 9.17. The normalized spacial score (nSPS) is 13.7. The van der Waals surface area contributed by atoms with Gasteiger partial charge in [-0.1, -0.05) is 25.7 Å². The Morgan fingerprint density at radius 2 is 1.47 bits per heavy atom. The van der Waals surface area contributed by atoms with Crippen molar-refractivity contribution >= 4 is 29.4 Å². The van der Waals surface area contributed by atoms with Gasteiger partial charge < -0.3 is 25.0 Å². The summed E-state index contributed by atoms with van der Waals surface area (Å²) in [5.41, 5.74) is 0.727. The van der Waals surface area contributed by atoms with E-state index in [2.05, 4.69) is 15.4 Å². The van der Waals surface area contributed by atoms with Crippen molar-refractivity contribution in [1.82, 2.24) is 10.2 Å². The first-order chi connectivity index (χ1) is 17.4. The summed E-state index contributed by atoms with van der Waals surface area (Å²) in [5.74, 6) is 0.405. The molecule has 2 N–H and O–H groups in total. The molecule has 1 aliphatic rings. The van der Waals surface area contributed by atoms with Crippen molar-refractivity contribution in [3.8, 4) is 5.75 Å². The van der Waals surface area contributed by atoms with Crippen molar-refractivity contribution in [1.29, 1.82) is 0 Å². The van der Waals surface area contributed by atoms with Crippen LogP contribution in [0.5, 0.6) is 5.75 Å². The number of benzene rings is 1. The maximum Gasteiger partial charge on any atom is 0.305 e. The fourth-order valence-electron chi connectivity index (χ4n) is 4.23. The number of anilines is 1. The van der Waals surface area contributed by atoms with Gasteiger partial charge in [-0.15, -0.1) is 0 Å². The standard InChI is InChI=1S/C27H41N3O6/c1-35-23-13-11-22(12-14-23)29-27(34)21-16-19-30(20-17-21)25(32)15-18-28-24(31)9-7-5-3-4-6-8-10-26(33)36-2/h11-14,21H,3-10,15-20H2,1-2H3,(H,28,31)(H,29,34). The lowest BCUT2D eigenvalue weighted by Crippen LogP contribution is -2.42. The SMILES string of the molecule is COC(=O)CCCCCCCCC(=O)NCCC(=O)N1CCC(C(=O)Nc2ccc(OC)cc2)CC1. The van der Waals surface area contributed by atoms with Crippen LogP contribution in [0.25, 0.3) is 0 Å². The quantitative estimate of drug-likeness (QED) is 0.279. The van der Waals surface area contributed by atoms with E-state index in [-0.39, 0.29) is 36.0 Å². The molecule has 0 aliphatic carbocycles. The van der Waals surface area contributed by atoms with Gasteiger partial charge in [-0.2, -0.15) is 0 Å². The highest BCUT2D eigenvalue weighted by Crippen LogP contribution is 2.21. The summed E-state index contributed by atoms with van der Waals surface area (Å²) in [6.45, 7) is 1.43. The summed E-state index contributed by atoms with van der Waals surface area (Å²) in [7, 11) is 3.00. The molecule has 0 saturated carbocycles. The smallest absolute Gasteiger partial charge is 0.305 e. The number of esters is 1. The molecule has 200 valence electrons. The summed E-state index contributed by atoms with van der Waals surface area (Å²) in [6.07, 6.45) is 8.19. The van der Waals surface area contributed by atoms with Gasteiger partial charge in [-0.25, -0.2) is 0 Å². The van der Waals surface area contributed by atoms with Crippen LogP contribution in [-0.4, -0.2) is 62.4 Å². The maximum atomic E-state index is 12.5. The monoisotopic (exact) mass is 503 g/mol. The maximum absolute atomic E-state index is 12.5. The molecule has 3 amide bonds. The highest BCUT2D eigenvalue weighted by atomic mass is 16.5. The number of piperidine rings is 1. The molecule has 9 heteroatoms. The first kappa shape index (κ1) is 29.1. The van der Waals surface area contributed by atoms with E-state index >= 15 is 0 Å². The van der Waals surface area contributed by atoms with Gasteiger partial charge in [-0.3, -0.25) is 19.2 Å². The number of amides is 3. The number of ether oxygens (including phenoxy) is 2. The lowest BCUT2D eigenvalue weighted by Gasteiger charge is -2.31. The molecule has 0 radical (unpaired) electrons. The summed E-state index contributed by atoms with van der Waals surface area (Å²) < 4.78 is 9.74. The molecule has 1 heterocycles. The minimum atomic E-state index is -0.164. The fourth-order valence-corrected chi connectivity index (χ4v) is 4.23. The van der Waals surface area contributed by atoms with E-state index < -0.39 is 0 Å². The minimum Gasteiger partial charge on any atom is -0.497 e. The molecule has 0 atom stereocenters. The van der Waals surface area contributed by atoms with E-state index in [1.54, 1.807) is 36.3 Å². The topological polar surface area (TPSA) is 114 Å². The van der Waals surface area contributed by atoms with Gasteiger partial charge >= 0.3 is 5.97 Å². The average molecular weight is 504 g/mol. The molecular weight excluding hydrogens is 462 g/mol.